The number of hydrogen-bond donors (Lipinski definition) is 1. The van der Waals surface area contributed by atoms with E-state index in [9.17, 15) is 0 Å². The highest BCUT2D eigenvalue weighted by atomic mass is 35.5. The van der Waals surface area contributed by atoms with Gasteiger partial charge in [0.15, 0.2) is 22.5 Å². The fraction of sp³-hybridized carbons (Fsp3) is 0.143. The third kappa shape index (κ3) is 1.48. The van der Waals surface area contributed by atoms with Gasteiger partial charge >= 0.3 is 0 Å². The van der Waals surface area contributed by atoms with Crippen LogP contribution in [0.2, 0.25) is 5.15 Å². The van der Waals surface area contributed by atoms with Crippen molar-refractivity contribution >= 4 is 23.5 Å². The Balaban J connectivity index is 3.27. The third-order valence-electron chi connectivity index (χ3n) is 1.25. The Bertz CT molecular complexity index is 291. The zero-order valence-electron chi connectivity index (χ0n) is 6.54. The first-order chi connectivity index (χ1) is 5.69. The van der Waals surface area contributed by atoms with Crippen LogP contribution in [0.1, 0.15) is 5.82 Å². The maximum Gasteiger partial charge on any atom is 0.198 e. The summed E-state index contributed by atoms with van der Waals surface area (Å²) in [5.41, 5.74) is 5.50. The van der Waals surface area contributed by atoms with Gasteiger partial charge in [-0.15, -0.1) is 0 Å². The van der Waals surface area contributed by atoms with E-state index in [1.165, 1.54) is 13.2 Å². The largest absolute Gasteiger partial charge is 0.490 e. The SMILES string of the molecule is C=Cc1nc(N)c(OC)c(Cl)n1. The van der Waals surface area contributed by atoms with Crippen LogP contribution in [-0.2, 0) is 0 Å². The van der Waals surface area contributed by atoms with Gasteiger partial charge < -0.3 is 10.5 Å². The summed E-state index contributed by atoms with van der Waals surface area (Å²) in [6, 6.07) is 0. The maximum absolute atomic E-state index is 5.71. The number of ether oxygens (including phenoxy) is 1. The Morgan fingerprint density at radius 3 is 2.67 bits per heavy atom. The second-order valence-corrected chi connectivity index (χ2v) is 2.35. The topological polar surface area (TPSA) is 61.0 Å². The number of methoxy groups -OCH3 is 1. The van der Waals surface area contributed by atoms with Crippen molar-refractivity contribution in [3.8, 4) is 5.75 Å². The quantitative estimate of drug-likeness (QED) is 0.707. The molecule has 1 aromatic rings. The molecule has 64 valence electrons. The molecule has 0 radical (unpaired) electrons. The van der Waals surface area contributed by atoms with Crippen LogP contribution in [0.4, 0.5) is 5.82 Å². The molecule has 0 saturated carbocycles. The lowest BCUT2D eigenvalue weighted by Crippen LogP contribution is -2.00. The minimum atomic E-state index is 0.194. The molecule has 2 N–H and O–H groups in total. The fourth-order valence-electron chi connectivity index (χ4n) is 0.736. The normalized spacial score (nSPS) is 9.50. The summed E-state index contributed by atoms with van der Waals surface area (Å²) in [7, 11) is 1.45. The summed E-state index contributed by atoms with van der Waals surface area (Å²) < 4.78 is 4.86. The molecule has 5 heteroatoms. The van der Waals surface area contributed by atoms with Gasteiger partial charge in [0.05, 0.1) is 7.11 Å². The number of aromatic nitrogens is 2. The van der Waals surface area contributed by atoms with Crippen LogP contribution in [0, 0.1) is 0 Å². The first kappa shape index (κ1) is 8.80. The zero-order valence-corrected chi connectivity index (χ0v) is 7.30. The molecule has 1 heterocycles. The second kappa shape index (κ2) is 3.40. The predicted molar refractivity (Wildman–Crippen MR) is 48.1 cm³/mol. The Morgan fingerprint density at radius 2 is 2.25 bits per heavy atom. The average Bonchev–Trinajstić information content (AvgIpc) is 2.03. The minimum Gasteiger partial charge on any atom is -0.490 e. The zero-order chi connectivity index (χ0) is 9.14. The van der Waals surface area contributed by atoms with Gasteiger partial charge in [-0.05, 0) is 6.08 Å². The summed E-state index contributed by atoms with van der Waals surface area (Å²) in [5.74, 6) is 0.896. The van der Waals surface area contributed by atoms with Crippen molar-refractivity contribution in [1.82, 2.24) is 9.97 Å². The van der Waals surface area contributed by atoms with E-state index >= 15 is 0 Å². The summed E-state index contributed by atoms with van der Waals surface area (Å²) in [6.45, 7) is 3.49. The van der Waals surface area contributed by atoms with E-state index in [4.69, 9.17) is 22.1 Å². The van der Waals surface area contributed by atoms with Crippen LogP contribution in [0.5, 0.6) is 5.75 Å². The highest BCUT2D eigenvalue weighted by Gasteiger charge is 2.08. The van der Waals surface area contributed by atoms with Gasteiger partial charge in [0.25, 0.3) is 0 Å². The molecule has 0 aliphatic rings. The molecule has 0 aliphatic carbocycles. The number of nitrogens with zero attached hydrogens (tertiary/aromatic N) is 2. The highest BCUT2D eigenvalue weighted by Crippen LogP contribution is 2.26. The van der Waals surface area contributed by atoms with Gasteiger partial charge in [0.2, 0.25) is 0 Å². The molecule has 0 saturated heterocycles. The molecule has 1 aromatic heterocycles. The number of hydrogen-bond acceptors (Lipinski definition) is 4. The first-order valence-electron chi connectivity index (χ1n) is 3.18. The molecular formula is C7H8ClN3O. The molecule has 0 unspecified atom stereocenters. The van der Waals surface area contributed by atoms with Gasteiger partial charge in [-0.1, -0.05) is 18.2 Å². The number of anilines is 1. The number of nitrogen functional groups attached to an aromatic ring is 1. The van der Waals surface area contributed by atoms with Crippen molar-refractivity contribution in [2.45, 2.75) is 0 Å². The molecule has 0 fully saturated rings. The second-order valence-electron chi connectivity index (χ2n) is 2.00. The Hall–Kier alpha value is -1.29. The Morgan fingerprint density at radius 1 is 1.58 bits per heavy atom. The van der Waals surface area contributed by atoms with E-state index < -0.39 is 0 Å². The molecule has 0 spiro atoms. The average molecular weight is 186 g/mol. The van der Waals surface area contributed by atoms with E-state index in [0.29, 0.717) is 11.6 Å². The van der Waals surface area contributed by atoms with E-state index in [1.807, 2.05) is 0 Å². The van der Waals surface area contributed by atoms with Crippen LogP contribution in [0.15, 0.2) is 6.58 Å². The predicted octanol–water partition coefficient (Wildman–Crippen LogP) is 1.36. The van der Waals surface area contributed by atoms with Crippen LogP contribution in [0.25, 0.3) is 6.08 Å². The minimum absolute atomic E-state index is 0.194. The van der Waals surface area contributed by atoms with Gasteiger partial charge in [-0.25, -0.2) is 9.97 Å². The molecule has 0 bridgehead atoms. The highest BCUT2D eigenvalue weighted by molar-refractivity contribution is 6.31. The van der Waals surface area contributed by atoms with Crippen molar-refractivity contribution in [1.29, 1.82) is 0 Å². The van der Waals surface area contributed by atoms with Crippen LogP contribution in [0.3, 0.4) is 0 Å². The first-order valence-corrected chi connectivity index (χ1v) is 3.56. The third-order valence-corrected chi connectivity index (χ3v) is 1.51. The summed E-state index contributed by atoms with van der Waals surface area (Å²) in [5, 5.41) is 0.194. The van der Waals surface area contributed by atoms with Crippen molar-refractivity contribution in [2.75, 3.05) is 12.8 Å². The van der Waals surface area contributed by atoms with Crippen LogP contribution >= 0.6 is 11.6 Å². The van der Waals surface area contributed by atoms with E-state index in [-0.39, 0.29) is 11.0 Å². The van der Waals surface area contributed by atoms with E-state index in [0.717, 1.165) is 0 Å². The van der Waals surface area contributed by atoms with Crippen molar-refractivity contribution in [3.63, 3.8) is 0 Å². The lowest BCUT2D eigenvalue weighted by molar-refractivity contribution is 0.413. The van der Waals surface area contributed by atoms with Gasteiger partial charge in [0.1, 0.15) is 0 Å². The van der Waals surface area contributed by atoms with Crippen molar-refractivity contribution < 1.29 is 4.74 Å². The molecule has 4 nitrogen and oxygen atoms in total. The van der Waals surface area contributed by atoms with E-state index in [2.05, 4.69) is 16.5 Å². The summed E-state index contributed by atoms with van der Waals surface area (Å²) >= 11 is 5.71. The Labute approximate surface area is 75.0 Å². The molecule has 0 atom stereocenters. The monoisotopic (exact) mass is 185 g/mol. The number of halogens is 1. The van der Waals surface area contributed by atoms with Crippen molar-refractivity contribution in [3.05, 3.63) is 17.6 Å². The molecule has 0 aromatic carbocycles. The molecule has 0 aliphatic heterocycles. The summed E-state index contributed by atoms with van der Waals surface area (Å²) in [6.07, 6.45) is 1.46. The Kier molecular flexibility index (Phi) is 2.50. The fourth-order valence-corrected chi connectivity index (χ4v) is 0.997. The molecule has 1 rings (SSSR count). The maximum atomic E-state index is 5.71. The van der Waals surface area contributed by atoms with Gasteiger partial charge in [-0.2, -0.15) is 0 Å². The molecule has 12 heavy (non-hydrogen) atoms. The number of nitrogens with two attached hydrogens (primary N) is 1. The van der Waals surface area contributed by atoms with E-state index in [1.54, 1.807) is 0 Å². The summed E-state index contributed by atoms with van der Waals surface area (Å²) in [4.78, 5) is 7.72. The smallest absolute Gasteiger partial charge is 0.198 e. The van der Waals surface area contributed by atoms with Crippen LogP contribution < -0.4 is 10.5 Å². The lowest BCUT2D eigenvalue weighted by Gasteiger charge is -2.04. The van der Waals surface area contributed by atoms with Gasteiger partial charge in [-0.3, -0.25) is 0 Å². The lowest BCUT2D eigenvalue weighted by atomic mass is 10.5. The standard InChI is InChI=1S/C7H8ClN3O/c1-3-4-10-6(8)5(12-2)7(9)11-4/h3H,1H2,2H3,(H2,9,10,11). The number of rotatable bonds is 2. The molecule has 0 amide bonds. The van der Waals surface area contributed by atoms with Crippen LogP contribution in [-0.4, -0.2) is 17.1 Å². The van der Waals surface area contributed by atoms with Gasteiger partial charge in [0, 0.05) is 0 Å². The molecular weight excluding hydrogens is 178 g/mol. The van der Waals surface area contributed by atoms with Crippen molar-refractivity contribution in [2.24, 2.45) is 0 Å².